The second kappa shape index (κ2) is 9.11. The summed E-state index contributed by atoms with van der Waals surface area (Å²) in [4.78, 5) is 23.8. The first-order valence-electron chi connectivity index (χ1n) is 9.91. The minimum Gasteiger partial charge on any atom is -0.493 e. The zero-order valence-electron chi connectivity index (χ0n) is 15.9. The number of amides is 1. The molecule has 2 atom stereocenters. The Morgan fingerprint density at radius 2 is 1.85 bits per heavy atom. The highest BCUT2D eigenvalue weighted by molar-refractivity contribution is 5.80. The summed E-state index contributed by atoms with van der Waals surface area (Å²) in [6, 6.07) is 5.70. The largest absolute Gasteiger partial charge is 0.493 e. The van der Waals surface area contributed by atoms with Crippen molar-refractivity contribution in [1.29, 1.82) is 0 Å². The molecule has 2 saturated carbocycles. The van der Waals surface area contributed by atoms with Crippen molar-refractivity contribution in [1.82, 2.24) is 5.32 Å². The Morgan fingerprint density at radius 1 is 1.11 bits per heavy atom. The fourth-order valence-corrected chi connectivity index (χ4v) is 4.15. The number of aliphatic carboxylic acids is 1. The number of para-hydroxylation sites is 1. The summed E-state index contributed by atoms with van der Waals surface area (Å²) in [5.74, 6) is -0.128. The fourth-order valence-electron chi connectivity index (χ4n) is 4.15. The number of carboxylic acid groups (broad SMARTS) is 1. The van der Waals surface area contributed by atoms with Crippen molar-refractivity contribution in [2.45, 2.75) is 64.0 Å². The van der Waals surface area contributed by atoms with Gasteiger partial charge in [-0.05, 0) is 51.0 Å². The number of rotatable bonds is 7. The maximum absolute atomic E-state index is 12.6. The molecule has 0 aromatic heterocycles. The molecule has 1 aromatic carbocycles. The number of hydrogen-bond acceptors (Lipinski definition) is 4. The van der Waals surface area contributed by atoms with Crippen LogP contribution in [0.3, 0.4) is 0 Å². The Kier molecular flexibility index (Phi) is 6.58. The topological polar surface area (TPSA) is 84.9 Å². The highest BCUT2D eigenvalue weighted by Crippen LogP contribution is 2.35. The van der Waals surface area contributed by atoms with Crippen molar-refractivity contribution >= 4 is 11.9 Å². The lowest BCUT2D eigenvalue weighted by Crippen LogP contribution is -2.35. The predicted octanol–water partition coefficient (Wildman–Crippen LogP) is 3.52. The zero-order valence-corrected chi connectivity index (χ0v) is 15.9. The van der Waals surface area contributed by atoms with Crippen LogP contribution in [0.1, 0.15) is 56.9 Å². The van der Waals surface area contributed by atoms with E-state index >= 15 is 0 Å². The third-order valence-electron chi connectivity index (χ3n) is 5.71. The average molecular weight is 375 g/mol. The standard InChI is InChI=1S/C21H29NO5/c1-26-18-11-5-8-16(19(18)27-17-9-2-3-10-17)13-22-20(23)14-6-4-7-15(12-14)21(24)25/h5,8,11,14-15,17H,2-4,6-7,9-10,12-13H2,1H3,(H,22,23)(H,24,25). The van der Waals surface area contributed by atoms with Crippen molar-refractivity contribution in [3.8, 4) is 11.5 Å². The summed E-state index contributed by atoms with van der Waals surface area (Å²) in [6.07, 6.45) is 7.26. The van der Waals surface area contributed by atoms with Gasteiger partial charge in [0.15, 0.2) is 11.5 Å². The highest BCUT2D eigenvalue weighted by atomic mass is 16.5. The maximum atomic E-state index is 12.6. The van der Waals surface area contributed by atoms with Crippen LogP contribution in [0, 0.1) is 11.8 Å². The smallest absolute Gasteiger partial charge is 0.306 e. The first-order valence-corrected chi connectivity index (χ1v) is 9.91. The highest BCUT2D eigenvalue weighted by Gasteiger charge is 2.31. The van der Waals surface area contributed by atoms with Gasteiger partial charge in [-0.1, -0.05) is 18.6 Å². The molecule has 2 aliphatic rings. The van der Waals surface area contributed by atoms with Crippen LogP contribution in [0.25, 0.3) is 0 Å². The molecule has 2 fully saturated rings. The van der Waals surface area contributed by atoms with Crippen LogP contribution >= 0.6 is 0 Å². The zero-order chi connectivity index (χ0) is 19.2. The molecule has 6 nitrogen and oxygen atoms in total. The molecular weight excluding hydrogens is 346 g/mol. The van der Waals surface area contributed by atoms with Crippen LogP contribution in [-0.4, -0.2) is 30.2 Å². The molecule has 148 valence electrons. The van der Waals surface area contributed by atoms with Gasteiger partial charge in [0.05, 0.1) is 19.1 Å². The number of ether oxygens (including phenoxy) is 2. The molecule has 2 unspecified atom stereocenters. The van der Waals surface area contributed by atoms with Crippen LogP contribution in [0.4, 0.5) is 0 Å². The molecule has 6 heteroatoms. The normalized spacial score (nSPS) is 23.0. The molecule has 0 radical (unpaired) electrons. The molecule has 2 N–H and O–H groups in total. The van der Waals surface area contributed by atoms with E-state index in [1.807, 2.05) is 18.2 Å². The number of carbonyl (C=O) groups is 2. The molecule has 0 spiro atoms. The number of nitrogens with one attached hydrogen (secondary N) is 1. The van der Waals surface area contributed by atoms with Gasteiger partial charge in [0.2, 0.25) is 5.91 Å². The van der Waals surface area contributed by atoms with E-state index in [9.17, 15) is 14.7 Å². The van der Waals surface area contributed by atoms with E-state index in [1.54, 1.807) is 7.11 Å². The van der Waals surface area contributed by atoms with Crippen molar-refractivity contribution in [3.63, 3.8) is 0 Å². The molecule has 0 saturated heterocycles. The summed E-state index contributed by atoms with van der Waals surface area (Å²) >= 11 is 0. The monoisotopic (exact) mass is 375 g/mol. The van der Waals surface area contributed by atoms with Crippen molar-refractivity contribution in [2.24, 2.45) is 11.8 Å². The van der Waals surface area contributed by atoms with E-state index in [0.29, 0.717) is 30.9 Å². The van der Waals surface area contributed by atoms with Gasteiger partial charge in [-0.2, -0.15) is 0 Å². The van der Waals surface area contributed by atoms with Crippen LogP contribution in [0.15, 0.2) is 18.2 Å². The SMILES string of the molecule is COc1cccc(CNC(=O)C2CCCC(C(=O)O)C2)c1OC1CCCC1. The van der Waals surface area contributed by atoms with Crippen molar-refractivity contribution in [2.75, 3.05) is 7.11 Å². The Hall–Kier alpha value is -2.24. The van der Waals surface area contributed by atoms with Crippen molar-refractivity contribution < 1.29 is 24.2 Å². The van der Waals surface area contributed by atoms with Gasteiger partial charge in [0.25, 0.3) is 0 Å². The average Bonchev–Trinajstić information content (AvgIpc) is 3.20. The van der Waals surface area contributed by atoms with Gasteiger partial charge in [-0.25, -0.2) is 0 Å². The van der Waals surface area contributed by atoms with Gasteiger partial charge >= 0.3 is 5.97 Å². The van der Waals surface area contributed by atoms with Gasteiger partial charge in [-0.15, -0.1) is 0 Å². The molecular formula is C21H29NO5. The maximum Gasteiger partial charge on any atom is 0.306 e. The Balaban J connectivity index is 1.64. The van der Waals surface area contributed by atoms with Crippen LogP contribution in [-0.2, 0) is 16.1 Å². The summed E-state index contributed by atoms with van der Waals surface area (Å²) in [7, 11) is 1.62. The molecule has 0 heterocycles. The molecule has 2 aliphatic carbocycles. The van der Waals surface area contributed by atoms with Crippen LogP contribution < -0.4 is 14.8 Å². The molecule has 0 aliphatic heterocycles. The number of carbonyl (C=O) groups excluding carboxylic acids is 1. The van der Waals surface area contributed by atoms with E-state index in [-0.39, 0.29) is 17.9 Å². The number of carboxylic acids is 1. The van der Waals surface area contributed by atoms with E-state index in [2.05, 4.69) is 5.32 Å². The van der Waals surface area contributed by atoms with E-state index in [0.717, 1.165) is 31.2 Å². The second-order valence-corrected chi connectivity index (χ2v) is 7.59. The summed E-state index contributed by atoms with van der Waals surface area (Å²) < 4.78 is 11.7. The quantitative estimate of drug-likeness (QED) is 0.762. The lowest BCUT2D eigenvalue weighted by atomic mass is 9.81. The molecule has 3 rings (SSSR count). The molecule has 27 heavy (non-hydrogen) atoms. The van der Waals surface area contributed by atoms with Crippen molar-refractivity contribution in [3.05, 3.63) is 23.8 Å². The Labute approximate surface area is 160 Å². The number of benzene rings is 1. The second-order valence-electron chi connectivity index (χ2n) is 7.59. The van der Waals surface area contributed by atoms with Crippen LogP contribution in [0.5, 0.6) is 11.5 Å². The molecule has 1 aromatic rings. The first kappa shape index (κ1) is 19.5. The Morgan fingerprint density at radius 3 is 2.56 bits per heavy atom. The van der Waals surface area contributed by atoms with Gasteiger partial charge < -0.3 is 19.9 Å². The Bertz CT molecular complexity index is 669. The number of hydrogen-bond donors (Lipinski definition) is 2. The third kappa shape index (κ3) is 4.93. The van der Waals surface area contributed by atoms with Crippen LogP contribution in [0.2, 0.25) is 0 Å². The lowest BCUT2D eigenvalue weighted by Gasteiger charge is -2.26. The number of methoxy groups -OCH3 is 1. The van der Waals surface area contributed by atoms with Gasteiger partial charge in [-0.3, -0.25) is 9.59 Å². The van der Waals surface area contributed by atoms with E-state index in [4.69, 9.17) is 9.47 Å². The third-order valence-corrected chi connectivity index (χ3v) is 5.71. The summed E-state index contributed by atoms with van der Waals surface area (Å²) in [5.41, 5.74) is 0.889. The summed E-state index contributed by atoms with van der Waals surface area (Å²) in [5, 5.41) is 12.2. The molecule has 0 bridgehead atoms. The van der Waals surface area contributed by atoms with E-state index < -0.39 is 11.9 Å². The van der Waals surface area contributed by atoms with Gasteiger partial charge in [0, 0.05) is 18.0 Å². The first-order chi connectivity index (χ1) is 13.1. The molecule has 1 amide bonds. The minimum absolute atomic E-state index is 0.0735. The lowest BCUT2D eigenvalue weighted by molar-refractivity contribution is -0.144. The summed E-state index contributed by atoms with van der Waals surface area (Å²) in [6.45, 7) is 0.353. The van der Waals surface area contributed by atoms with E-state index in [1.165, 1.54) is 12.8 Å². The predicted molar refractivity (Wildman–Crippen MR) is 101 cm³/mol. The van der Waals surface area contributed by atoms with Gasteiger partial charge in [0.1, 0.15) is 0 Å². The minimum atomic E-state index is -0.799. The fraction of sp³-hybridized carbons (Fsp3) is 0.619.